The van der Waals surface area contributed by atoms with Gasteiger partial charge in [-0.1, -0.05) is 65.5 Å². The number of allylic oxidation sites excluding steroid dienone is 2. The molecule has 4 rings (SSSR count). The Labute approximate surface area is 174 Å². The Morgan fingerprint density at radius 3 is 2.46 bits per heavy atom. The molecule has 4 aliphatic rings. The molecule has 4 aliphatic carbocycles. The Morgan fingerprint density at radius 1 is 0.893 bits per heavy atom. The van der Waals surface area contributed by atoms with Gasteiger partial charge in [-0.05, 0) is 97.2 Å². The van der Waals surface area contributed by atoms with E-state index >= 15 is 0 Å². The molecule has 0 radical (unpaired) electrons. The second kappa shape index (κ2) is 8.09. The number of aliphatic hydroxyl groups is 1. The summed E-state index contributed by atoms with van der Waals surface area (Å²) in [4.78, 5) is 0. The van der Waals surface area contributed by atoms with E-state index < -0.39 is 0 Å². The quantitative estimate of drug-likeness (QED) is 0.477. The largest absolute Gasteiger partial charge is 0.396 e. The summed E-state index contributed by atoms with van der Waals surface area (Å²) in [6.07, 6.45) is 21.0. The van der Waals surface area contributed by atoms with Gasteiger partial charge in [0.05, 0.1) is 0 Å². The number of rotatable bonds is 6. The molecule has 0 saturated heterocycles. The first-order valence-electron chi connectivity index (χ1n) is 12.7. The minimum absolute atomic E-state index is 0.354. The third-order valence-electron chi connectivity index (χ3n) is 10.5. The molecular weight excluding hydrogens is 340 g/mol. The fraction of sp³-hybridized carbons (Fsp3) is 0.926. The lowest BCUT2D eigenvalue weighted by Crippen LogP contribution is -2.51. The van der Waals surface area contributed by atoms with Gasteiger partial charge in [0.2, 0.25) is 0 Å². The van der Waals surface area contributed by atoms with E-state index in [1.165, 1.54) is 70.6 Å². The highest BCUT2D eigenvalue weighted by molar-refractivity contribution is 5.17. The van der Waals surface area contributed by atoms with Crippen molar-refractivity contribution in [1.29, 1.82) is 0 Å². The predicted molar refractivity (Wildman–Crippen MR) is 119 cm³/mol. The molecule has 0 aromatic carbocycles. The molecule has 2 unspecified atom stereocenters. The Bertz CT molecular complexity index is 567. The van der Waals surface area contributed by atoms with Crippen molar-refractivity contribution in [2.75, 3.05) is 6.61 Å². The van der Waals surface area contributed by atoms with Crippen molar-refractivity contribution < 1.29 is 5.11 Å². The van der Waals surface area contributed by atoms with Crippen LogP contribution in [0.3, 0.4) is 0 Å². The summed E-state index contributed by atoms with van der Waals surface area (Å²) < 4.78 is 0. The van der Waals surface area contributed by atoms with Gasteiger partial charge < -0.3 is 5.11 Å². The standard InChI is InChI=1S/C27H46O/c1-19(18-28)8-7-9-20(2)23-13-14-24-22-12-11-21-10-5-6-16-26(21,3)25(22)15-17-27(23,24)4/h11-12,19-25,28H,5-10,13-18H2,1-4H3/t19?,20-,21?,22+,23-,24+,25+,26+,27-/m1/s1. The van der Waals surface area contributed by atoms with Crippen LogP contribution in [0.2, 0.25) is 0 Å². The van der Waals surface area contributed by atoms with E-state index in [9.17, 15) is 5.11 Å². The van der Waals surface area contributed by atoms with Crippen molar-refractivity contribution in [3.05, 3.63) is 12.2 Å². The van der Waals surface area contributed by atoms with E-state index in [-0.39, 0.29) is 0 Å². The molecule has 0 aromatic rings. The van der Waals surface area contributed by atoms with Gasteiger partial charge in [-0.2, -0.15) is 0 Å². The summed E-state index contributed by atoms with van der Waals surface area (Å²) in [5.41, 5.74) is 1.18. The molecule has 0 aliphatic heterocycles. The van der Waals surface area contributed by atoms with Crippen LogP contribution in [0, 0.1) is 52.3 Å². The van der Waals surface area contributed by atoms with Crippen molar-refractivity contribution in [2.45, 2.75) is 98.3 Å². The van der Waals surface area contributed by atoms with E-state index in [1.807, 2.05) is 0 Å². The SMILES string of the molecule is CC(CO)CCC[C@@H](C)[C@H]1CC[C@H]2[C@@H]3C=CC4CCCC[C@]4(C)[C@H]3CC[C@]12C. The number of hydrogen-bond donors (Lipinski definition) is 1. The zero-order valence-corrected chi connectivity index (χ0v) is 19.1. The molecule has 3 saturated carbocycles. The topological polar surface area (TPSA) is 20.2 Å². The Morgan fingerprint density at radius 2 is 1.68 bits per heavy atom. The fourth-order valence-electron chi connectivity index (χ4n) is 8.71. The van der Waals surface area contributed by atoms with Crippen LogP contribution in [0.5, 0.6) is 0 Å². The third kappa shape index (κ3) is 3.42. The number of hydrogen-bond acceptors (Lipinski definition) is 1. The first-order chi connectivity index (χ1) is 13.4. The lowest BCUT2D eigenvalue weighted by Gasteiger charge is -2.58. The molecule has 3 fully saturated rings. The molecule has 1 N–H and O–H groups in total. The molecule has 9 atom stereocenters. The Hall–Kier alpha value is -0.300. The predicted octanol–water partition coefficient (Wildman–Crippen LogP) is 7.25. The van der Waals surface area contributed by atoms with E-state index in [0.717, 1.165) is 35.5 Å². The van der Waals surface area contributed by atoms with Crippen molar-refractivity contribution in [2.24, 2.45) is 52.3 Å². The zero-order chi connectivity index (χ0) is 19.9. The van der Waals surface area contributed by atoms with Gasteiger partial charge in [-0.25, -0.2) is 0 Å². The molecular formula is C27H46O. The van der Waals surface area contributed by atoms with Gasteiger partial charge in [-0.3, -0.25) is 0 Å². The number of aliphatic hydroxyl groups excluding tert-OH is 1. The third-order valence-corrected chi connectivity index (χ3v) is 10.5. The van der Waals surface area contributed by atoms with E-state index in [1.54, 1.807) is 0 Å². The monoisotopic (exact) mass is 386 g/mol. The maximum absolute atomic E-state index is 9.31. The van der Waals surface area contributed by atoms with E-state index in [2.05, 4.69) is 39.8 Å². The average Bonchev–Trinajstić information content (AvgIpc) is 3.04. The van der Waals surface area contributed by atoms with E-state index in [0.29, 0.717) is 23.4 Å². The van der Waals surface area contributed by atoms with Crippen molar-refractivity contribution >= 4 is 0 Å². The van der Waals surface area contributed by atoms with Gasteiger partial charge in [0, 0.05) is 6.61 Å². The second-order valence-corrected chi connectivity index (χ2v) is 12.0. The lowest BCUT2D eigenvalue weighted by molar-refractivity contribution is -0.0644. The lowest BCUT2D eigenvalue weighted by atomic mass is 9.46. The van der Waals surface area contributed by atoms with Crippen molar-refractivity contribution in [1.82, 2.24) is 0 Å². The highest BCUT2D eigenvalue weighted by Crippen LogP contribution is 2.67. The maximum atomic E-state index is 9.31. The van der Waals surface area contributed by atoms with Gasteiger partial charge in [0.1, 0.15) is 0 Å². The molecule has 1 nitrogen and oxygen atoms in total. The molecule has 0 aromatic heterocycles. The molecule has 0 spiro atoms. The van der Waals surface area contributed by atoms with Crippen LogP contribution in [0.4, 0.5) is 0 Å². The molecule has 0 bridgehead atoms. The Balaban J connectivity index is 1.46. The van der Waals surface area contributed by atoms with Gasteiger partial charge >= 0.3 is 0 Å². The van der Waals surface area contributed by atoms with Crippen LogP contribution in [-0.4, -0.2) is 11.7 Å². The second-order valence-electron chi connectivity index (χ2n) is 12.0. The minimum atomic E-state index is 0.354. The van der Waals surface area contributed by atoms with Crippen molar-refractivity contribution in [3.8, 4) is 0 Å². The number of fused-ring (bicyclic) bond motifs is 5. The minimum Gasteiger partial charge on any atom is -0.396 e. The highest BCUT2D eigenvalue weighted by atomic mass is 16.3. The Kier molecular flexibility index (Phi) is 6.05. The normalized spacial score (nSPS) is 47.1. The highest BCUT2D eigenvalue weighted by Gasteiger charge is 2.58. The summed E-state index contributed by atoms with van der Waals surface area (Å²) in [5.74, 6) is 5.88. The molecule has 0 amide bonds. The smallest absolute Gasteiger partial charge is 0.0456 e. The van der Waals surface area contributed by atoms with Crippen LogP contribution in [0.1, 0.15) is 98.3 Å². The maximum Gasteiger partial charge on any atom is 0.0456 e. The molecule has 1 heteroatoms. The van der Waals surface area contributed by atoms with Crippen LogP contribution in [0.25, 0.3) is 0 Å². The van der Waals surface area contributed by atoms with Crippen LogP contribution in [0.15, 0.2) is 12.2 Å². The fourth-order valence-corrected chi connectivity index (χ4v) is 8.71. The average molecular weight is 387 g/mol. The van der Waals surface area contributed by atoms with Gasteiger partial charge in [-0.15, -0.1) is 0 Å². The zero-order valence-electron chi connectivity index (χ0n) is 19.1. The summed E-state index contributed by atoms with van der Waals surface area (Å²) in [7, 11) is 0. The summed E-state index contributed by atoms with van der Waals surface area (Å²) in [6, 6.07) is 0. The van der Waals surface area contributed by atoms with Crippen LogP contribution < -0.4 is 0 Å². The summed E-state index contributed by atoms with van der Waals surface area (Å²) >= 11 is 0. The summed E-state index contributed by atoms with van der Waals surface area (Å²) in [5, 5.41) is 9.31. The first kappa shape index (κ1) is 21.0. The summed E-state index contributed by atoms with van der Waals surface area (Å²) in [6.45, 7) is 10.4. The van der Waals surface area contributed by atoms with Crippen LogP contribution >= 0.6 is 0 Å². The molecule has 0 heterocycles. The van der Waals surface area contributed by atoms with Gasteiger partial charge in [0.25, 0.3) is 0 Å². The van der Waals surface area contributed by atoms with Crippen molar-refractivity contribution in [3.63, 3.8) is 0 Å². The molecule has 160 valence electrons. The first-order valence-corrected chi connectivity index (χ1v) is 12.7. The van der Waals surface area contributed by atoms with Crippen LogP contribution in [-0.2, 0) is 0 Å². The van der Waals surface area contributed by atoms with E-state index in [4.69, 9.17) is 0 Å². The molecule has 28 heavy (non-hydrogen) atoms. The van der Waals surface area contributed by atoms with Gasteiger partial charge in [0.15, 0.2) is 0 Å².